The third-order valence-electron chi connectivity index (χ3n) is 2.97. The normalized spacial score (nSPS) is 10.8. The summed E-state index contributed by atoms with van der Waals surface area (Å²) in [4.78, 5) is 17.8. The van der Waals surface area contributed by atoms with E-state index in [1.807, 2.05) is 42.6 Å². The quantitative estimate of drug-likeness (QED) is 0.738. The van der Waals surface area contributed by atoms with Crippen LogP contribution in [0.2, 0.25) is 0 Å². The molecule has 0 N–H and O–H groups in total. The monoisotopic (exact) mass is 303 g/mol. The molecule has 0 aliphatic carbocycles. The van der Waals surface area contributed by atoms with E-state index >= 15 is 0 Å². The average molecular weight is 303 g/mol. The van der Waals surface area contributed by atoms with Crippen molar-refractivity contribution in [2.24, 2.45) is 0 Å². The summed E-state index contributed by atoms with van der Waals surface area (Å²) in [5, 5.41) is 2.04. The van der Waals surface area contributed by atoms with Gasteiger partial charge in [-0.2, -0.15) is 0 Å². The number of rotatable bonds is 3. The van der Waals surface area contributed by atoms with Gasteiger partial charge < -0.3 is 4.57 Å². The maximum Gasteiger partial charge on any atom is 0.164 e. The highest BCUT2D eigenvalue weighted by Crippen LogP contribution is 2.22. The van der Waals surface area contributed by atoms with E-state index in [4.69, 9.17) is 0 Å². The predicted octanol–water partition coefficient (Wildman–Crippen LogP) is 3.79. The molecule has 3 aromatic rings. The number of hydrogen-bond acceptors (Lipinski definition) is 5. The molecule has 21 heavy (non-hydrogen) atoms. The van der Waals surface area contributed by atoms with Crippen LogP contribution in [0, 0.1) is 6.92 Å². The van der Waals surface area contributed by atoms with Gasteiger partial charge in [0.1, 0.15) is 11.3 Å². The van der Waals surface area contributed by atoms with Gasteiger partial charge in [-0.25, -0.2) is 19.9 Å². The summed E-state index contributed by atoms with van der Waals surface area (Å²) in [6, 6.07) is 0. The number of aromatic nitrogens is 5. The first-order chi connectivity index (χ1) is 10.1. The summed E-state index contributed by atoms with van der Waals surface area (Å²) in [6.45, 7) is 10.9. The van der Waals surface area contributed by atoms with Crippen LogP contribution in [0.15, 0.2) is 17.2 Å². The van der Waals surface area contributed by atoms with Crippen molar-refractivity contribution in [1.82, 2.24) is 24.5 Å². The molecule has 0 aliphatic heterocycles. The van der Waals surface area contributed by atoms with Gasteiger partial charge in [-0.05, 0) is 12.8 Å². The Balaban J connectivity index is 0.000000774. The van der Waals surface area contributed by atoms with Crippen LogP contribution < -0.4 is 0 Å². The fraction of sp³-hybridized carbons (Fsp3) is 0.467. The zero-order valence-electron chi connectivity index (χ0n) is 13.2. The molecule has 0 atom stereocenters. The Morgan fingerprint density at radius 3 is 2.57 bits per heavy atom. The molecule has 0 aliphatic rings. The molecular formula is C15H21N5S. The molecule has 112 valence electrons. The Morgan fingerprint density at radius 1 is 1.19 bits per heavy atom. The summed E-state index contributed by atoms with van der Waals surface area (Å²) in [6.07, 6.45) is 1.82. The smallest absolute Gasteiger partial charge is 0.164 e. The van der Waals surface area contributed by atoms with E-state index in [-0.39, 0.29) is 0 Å². The molecule has 0 spiro atoms. The van der Waals surface area contributed by atoms with Crippen molar-refractivity contribution in [3.8, 4) is 0 Å². The Kier molecular flexibility index (Phi) is 5.01. The van der Waals surface area contributed by atoms with Gasteiger partial charge in [0.15, 0.2) is 5.65 Å². The van der Waals surface area contributed by atoms with Crippen LogP contribution in [-0.4, -0.2) is 24.5 Å². The van der Waals surface area contributed by atoms with Gasteiger partial charge in [0.25, 0.3) is 0 Å². The molecular weight excluding hydrogens is 282 g/mol. The molecule has 0 aromatic carbocycles. The Morgan fingerprint density at radius 2 is 1.95 bits per heavy atom. The van der Waals surface area contributed by atoms with Crippen LogP contribution in [0.25, 0.3) is 11.2 Å². The number of hydrogen-bond donors (Lipinski definition) is 0. The zero-order chi connectivity index (χ0) is 15.4. The largest absolute Gasteiger partial charge is 0.309 e. The summed E-state index contributed by atoms with van der Waals surface area (Å²) in [5.41, 5.74) is 5.68. The second-order valence-corrected chi connectivity index (χ2v) is 5.55. The van der Waals surface area contributed by atoms with E-state index in [0.29, 0.717) is 12.5 Å². The Hall–Kier alpha value is -1.82. The third kappa shape index (κ3) is 3.26. The first-order valence-corrected chi connectivity index (χ1v) is 8.16. The second kappa shape index (κ2) is 6.76. The van der Waals surface area contributed by atoms with Crippen LogP contribution in [0.5, 0.6) is 0 Å². The SMILES string of the molecule is CC.Cc1nc(C(C)C)c2ncn(Cc3cscn3)c2n1. The van der Waals surface area contributed by atoms with Crippen LogP contribution >= 0.6 is 11.3 Å². The topological polar surface area (TPSA) is 56.5 Å². The maximum absolute atomic E-state index is 4.52. The van der Waals surface area contributed by atoms with E-state index in [9.17, 15) is 0 Å². The van der Waals surface area contributed by atoms with Crippen molar-refractivity contribution in [3.63, 3.8) is 0 Å². The van der Waals surface area contributed by atoms with Gasteiger partial charge >= 0.3 is 0 Å². The highest BCUT2D eigenvalue weighted by atomic mass is 32.1. The molecule has 0 fully saturated rings. The standard InChI is InChI=1S/C13H15N5S.C2H6/c1-8(2)11-12-13(17-9(3)16-11)18(6-14-12)4-10-5-19-7-15-10;1-2/h5-8H,4H2,1-3H3;1-2H3. The summed E-state index contributed by atoms with van der Waals surface area (Å²) >= 11 is 1.60. The van der Waals surface area contributed by atoms with Crippen LogP contribution in [-0.2, 0) is 6.54 Å². The van der Waals surface area contributed by atoms with Crippen LogP contribution in [0.3, 0.4) is 0 Å². The molecule has 3 rings (SSSR count). The molecule has 0 radical (unpaired) electrons. The molecule has 0 saturated carbocycles. The molecule has 5 nitrogen and oxygen atoms in total. The Bertz CT molecular complexity index is 700. The fourth-order valence-corrected chi connectivity index (χ4v) is 2.64. The maximum atomic E-state index is 4.52. The van der Waals surface area contributed by atoms with Gasteiger partial charge in [-0.15, -0.1) is 11.3 Å². The van der Waals surface area contributed by atoms with Crippen LogP contribution in [0.4, 0.5) is 0 Å². The number of nitrogens with zero attached hydrogens (tertiary/aromatic N) is 5. The lowest BCUT2D eigenvalue weighted by atomic mass is 10.1. The van der Waals surface area contributed by atoms with Gasteiger partial charge in [-0.1, -0.05) is 27.7 Å². The molecule has 0 amide bonds. The number of thiazole rings is 1. The Labute approximate surface area is 129 Å². The number of fused-ring (bicyclic) bond motifs is 1. The minimum Gasteiger partial charge on any atom is -0.309 e. The summed E-state index contributed by atoms with van der Waals surface area (Å²) < 4.78 is 2.03. The average Bonchev–Trinajstić information content (AvgIpc) is 3.11. The van der Waals surface area contributed by atoms with Crippen molar-refractivity contribution < 1.29 is 0 Å². The first-order valence-electron chi connectivity index (χ1n) is 7.21. The highest BCUT2D eigenvalue weighted by molar-refractivity contribution is 7.07. The molecule has 0 bridgehead atoms. The van der Waals surface area contributed by atoms with Crippen molar-refractivity contribution in [1.29, 1.82) is 0 Å². The number of imidazole rings is 1. The number of aryl methyl sites for hydroxylation is 1. The van der Waals surface area contributed by atoms with Crippen molar-refractivity contribution in [2.75, 3.05) is 0 Å². The lowest BCUT2D eigenvalue weighted by molar-refractivity contribution is 0.784. The van der Waals surface area contributed by atoms with Gasteiger partial charge in [-0.3, -0.25) is 0 Å². The van der Waals surface area contributed by atoms with Crippen molar-refractivity contribution >= 4 is 22.5 Å². The van der Waals surface area contributed by atoms with Gasteiger partial charge in [0, 0.05) is 5.38 Å². The van der Waals surface area contributed by atoms with E-state index in [0.717, 1.165) is 28.4 Å². The second-order valence-electron chi connectivity index (χ2n) is 4.84. The van der Waals surface area contributed by atoms with E-state index in [1.165, 1.54) is 0 Å². The molecule has 6 heteroatoms. The molecule has 0 saturated heterocycles. The van der Waals surface area contributed by atoms with E-state index in [2.05, 4.69) is 33.8 Å². The fourth-order valence-electron chi connectivity index (χ4n) is 2.09. The van der Waals surface area contributed by atoms with Crippen LogP contribution in [0.1, 0.15) is 50.8 Å². The van der Waals surface area contributed by atoms with E-state index < -0.39 is 0 Å². The lowest BCUT2D eigenvalue weighted by Crippen LogP contribution is -2.03. The molecule has 0 unspecified atom stereocenters. The molecule has 3 heterocycles. The predicted molar refractivity (Wildman–Crippen MR) is 86.7 cm³/mol. The minimum absolute atomic E-state index is 0.340. The highest BCUT2D eigenvalue weighted by Gasteiger charge is 2.14. The minimum atomic E-state index is 0.340. The van der Waals surface area contributed by atoms with Crippen molar-refractivity contribution in [3.05, 3.63) is 34.4 Å². The van der Waals surface area contributed by atoms with E-state index in [1.54, 1.807) is 11.3 Å². The lowest BCUT2D eigenvalue weighted by Gasteiger charge is -2.07. The summed E-state index contributed by atoms with van der Waals surface area (Å²) in [7, 11) is 0. The summed E-state index contributed by atoms with van der Waals surface area (Å²) in [5.74, 6) is 1.13. The van der Waals surface area contributed by atoms with Gasteiger partial charge in [0.05, 0.1) is 29.8 Å². The first kappa shape index (κ1) is 15.6. The zero-order valence-corrected chi connectivity index (χ0v) is 14.0. The molecule has 3 aromatic heterocycles. The van der Waals surface area contributed by atoms with Crippen molar-refractivity contribution in [2.45, 2.75) is 47.1 Å². The van der Waals surface area contributed by atoms with Gasteiger partial charge in [0.2, 0.25) is 0 Å². The third-order valence-corrected chi connectivity index (χ3v) is 3.60.